The number of rotatable bonds is 14. The molecule has 1 heterocycles. The van der Waals surface area contributed by atoms with Gasteiger partial charge in [-0.3, -0.25) is 9.59 Å². The van der Waals surface area contributed by atoms with Crippen molar-refractivity contribution in [2.45, 2.75) is 25.4 Å². The van der Waals surface area contributed by atoms with E-state index in [1.165, 1.54) is 11.3 Å². The maximum atomic E-state index is 12.7. The number of hydrogen-bond acceptors (Lipinski definition) is 6. The third kappa shape index (κ3) is 9.14. The van der Waals surface area contributed by atoms with Gasteiger partial charge in [-0.15, -0.1) is 11.3 Å². The van der Waals surface area contributed by atoms with E-state index in [1.54, 1.807) is 0 Å². The fraction of sp³-hybridized carbons (Fsp3) is 0.233. The van der Waals surface area contributed by atoms with E-state index in [2.05, 4.69) is 26.3 Å². The van der Waals surface area contributed by atoms with Gasteiger partial charge in [0.2, 0.25) is 11.8 Å². The van der Waals surface area contributed by atoms with Gasteiger partial charge >= 0.3 is 0 Å². The average molecular weight is 528 g/mol. The van der Waals surface area contributed by atoms with Crippen LogP contribution in [0.4, 0.5) is 5.13 Å². The Morgan fingerprint density at radius 2 is 1.37 bits per heavy atom. The molecule has 0 aliphatic heterocycles. The molecule has 8 heteroatoms. The lowest BCUT2D eigenvalue weighted by atomic mass is 10.1. The lowest BCUT2D eigenvalue weighted by Gasteiger charge is -2.20. The second kappa shape index (κ2) is 14.7. The van der Waals surface area contributed by atoms with Gasteiger partial charge in [0.05, 0.1) is 24.6 Å². The molecule has 0 aliphatic rings. The highest BCUT2D eigenvalue weighted by Crippen LogP contribution is 2.19. The monoisotopic (exact) mass is 527 g/mol. The highest BCUT2D eigenvalue weighted by molar-refractivity contribution is 7.13. The van der Waals surface area contributed by atoms with Crippen molar-refractivity contribution < 1.29 is 9.59 Å². The molecule has 0 spiro atoms. The first-order chi connectivity index (χ1) is 18.7. The fourth-order valence-corrected chi connectivity index (χ4v) is 4.69. The van der Waals surface area contributed by atoms with Crippen LogP contribution in [0.5, 0.6) is 0 Å². The van der Waals surface area contributed by atoms with Gasteiger partial charge in [0.15, 0.2) is 5.13 Å². The van der Waals surface area contributed by atoms with E-state index < -0.39 is 0 Å². The molecule has 4 aromatic rings. The molecule has 0 bridgehead atoms. The Labute approximate surface area is 227 Å². The van der Waals surface area contributed by atoms with Crippen LogP contribution in [0.15, 0.2) is 96.4 Å². The Kier molecular flexibility index (Phi) is 10.4. The molecule has 196 valence electrons. The molecule has 0 fully saturated rings. The Morgan fingerprint density at radius 1 is 0.763 bits per heavy atom. The Morgan fingerprint density at radius 3 is 2.03 bits per heavy atom. The summed E-state index contributed by atoms with van der Waals surface area (Å²) < 4.78 is 0. The Balaban J connectivity index is 1.20. The molecule has 1 atom stereocenters. The maximum Gasteiger partial charge on any atom is 0.224 e. The molecule has 2 amide bonds. The van der Waals surface area contributed by atoms with Crippen LogP contribution < -0.4 is 21.3 Å². The summed E-state index contributed by atoms with van der Waals surface area (Å²) >= 11 is 1.53. The van der Waals surface area contributed by atoms with Crippen molar-refractivity contribution in [1.82, 2.24) is 20.9 Å². The molecular formula is C30H33N5O2S. The summed E-state index contributed by atoms with van der Waals surface area (Å²) in [6.07, 6.45) is 0.725. The van der Waals surface area contributed by atoms with Gasteiger partial charge in [-0.05, 0) is 16.7 Å². The van der Waals surface area contributed by atoms with Crippen LogP contribution in [-0.4, -0.2) is 36.4 Å². The number of nitrogens with zero attached hydrogens (tertiary/aromatic N) is 1. The first-order valence-corrected chi connectivity index (χ1v) is 13.6. The molecule has 0 unspecified atom stereocenters. The van der Waals surface area contributed by atoms with Gasteiger partial charge in [-0.25, -0.2) is 4.98 Å². The van der Waals surface area contributed by atoms with Crippen molar-refractivity contribution in [3.63, 3.8) is 0 Å². The van der Waals surface area contributed by atoms with E-state index in [1.807, 2.05) is 96.4 Å². The molecule has 0 saturated heterocycles. The molecule has 38 heavy (non-hydrogen) atoms. The van der Waals surface area contributed by atoms with Crippen LogP contribution in [0.3, 0.4) is 0 Å². The summed E-state index contributed by atoms with van der Waals surface area (Å²) in [6.45, 7) is 2.35. The SMILES string of the molecule is O=C(Cc1ccccc1)NCCNCc1csc(NC[C@@H](NC(=O)Cc2ccccc2)c2ccccc2)n1. The number of carbonyl (C=O) groups excluding carboxylic acids is 2. The van der Waals surface area contributed by atoms with Crippen LogP contribution in [0.25, 0.3) is 0 Å². The lowest BCUT2D eigenvalue weighted by Crippen LogP contribution is -2.34. The molecule has 1 aromatic heterocycles. The summed E-state index contributed by atoms with van der Waals surface area (Å²) in [5.41, 5.74) is 3.95. The average Bonchev–Trinajstić information content (AvgIpc) is 3.40. The lowest BCUT2D eigenvalue weighted by molar-refractivity contribution is -0.121. The normalized spacial score (nSPS) is 11.5. The van der Waals surface area contributed by atoms with Crippen LogP contribution in [0.2, 0.25) is 0 Å². The van der Waals surface area contributed by atoms with Crippen LogP contribution in [0, 0.1) is 0 Å². The largest absolute Gasteiger partial charge is 0.359 e. The number of carbonyl (C=O) groups is 2. The van der Waals surface area contributed by atoms with Gasteiger partial charge < -0.3 is 21.3 Å². The Bertz CT molecular complexity index is 1270. The highest BCUT2D eigenvalue weighted by Gasteiger charge is 2.15. The third-order valence-electron chi connectivity index (χ3n) is 5.89. The molecule has 0 aliphatic carbocycles. The number of anilines is 1. The molecule has 0 radical (unpaired) electrons. The molecule has 7 nitrogen and oxygen atoms in total. The van der Waals surface area contributed by atoms with Crippen molar-refractivity contribution in [2.75, 3.05) is 25.0 Å². The number of nitrogens with one attached hydrogen (secondary N) is 4. The number of amides is 2. The van der Waals surface area contributed by atoms with Gasteiger partial charge in [0, 0.05) is 31.6 Å². The molecular weight excluding hydrogens is 494 g/mol. The first kappa shape index (κ1) is 27.0. The zero-order valence-corrected chi connectivity index (χ0v) is 22.0. The second-order valence-corrected chi connectivity index (χ2v) is 9.77. The molecule has 3 aromatic carbocycles. The summed E-state index contributed by atoms with van der Waals surface area (Å²) in [4.78, 5) is 29.4. The van der Waals surface area contributed by atoms with Crippen LogP contribution in [-0.2, 0) is 29.0 Å². The van der Waals surface area contributed by atoms with Crippen molar-refractivity contribution >= 4 is 28.3 Å². The minimum atomic E-state index is -0.183. The van der Waals surface area contributed by atoms with E-state index in [9.17, 15) is 9.59 Å². The number of hydrogen-bond donors (Lipinski definition) is 4. The van der Waals surface area contributed by atoms with E-state index in [-0.39, 0.29) is 17.9 Å². The van der Waals surface area contributed by atoms with Crippen LogP contribution in [0.1, 0.15) is 28.4 Å². The second-order valence-electron chi connectivity index (χ2n) is 8.91. The molecule has 4 N–H and O–H groups in total. The van der Waals surface area contributed by atoms with E-state index in [4.69, 9.17) is 0 Å². The predicted octanol–water partition coefficient (Wildman–Crippen LogP) is 4.10. The van der Waals surface area contributed by atoms with Gasteiger partial charge in [0.25, 0.3) is 0 Å². The van der Waals surface area contributed by atoms with Gasteiger partial charge in [-0.1, -0.05) is 91.0 Å². The van der Waals surface area contributed by atoms with Crippen LogP contribution >= 0.6 is 11.3 Å². The number of benzene rings is 3. The summed E-state index contributed by atoms with van der Waals surface area (Å²) in [6, 6.07) is 29.2. The predicted molar refractivity (Wildman–Crippen MR) is 153 cm³/mol. The van der Waals surface area contributed by atoms with Crippen molar-refractivity contribution in [3.05, 3.63) is 119 Å². The number of thiazole rings is 1. The zero-order valence-electron chi connectivity index (χ0n) is 21.2. The van der Waals surface area contributed by atoms with E-state index >= 15 is 0 Å². The topological polar surface area (TPSA) is 95.1 Å². The summed E-state index contributed by atoms with van der Waals surface area (Å²) in [5, 5.41) is 15.6. The third-order valence-corrected chi connectivity index (χ3v) is 6.74. The quantitative estimate of drug-likeness (QED) is 0.185. The maximum absolute atomic E-state index is 12.7. The van der Waals surface area contributed by atoms with E-state index in [0.717, 1.165) is 27.5 Å². The summed E-state index contributed by atoms with van der Waals surface area (Å²) in [5.74, 6) is -0.00582. The minimum absolute atomic E-state index is 0.0157. The standard InChI is InChI=1S/C30H33N5O2S/c36-28(18-23-10-4-1-5-11-23)32-17-16-31-20-26-22-38-30(34-26)33-21-27(25-14-8-3-9-15-25)35-29(37)19-24-12-6-2-7-13-24/h1-15,22,27,31H,16-21H2,(H,32,36)(H,33,34)(H,35,37)/t27-/m1/s1. The molecule has 0 saturated carbocycles. The Hall–Kier alpha value is -4.01. The van der Waals surface area contributed by atoms with Crippen molar-refractivity contribution in [3.8, 4) is 0 Å². The van der Waals surface area contributed by atoms with E-state index in [0.29, 0.717) is 39.0 Å². The minimum Gasteiger partial charge on any atom is -0.359 e. The van der Waals surface area contributed by atoms with Gasteiger partial charge in [0.1, 0.15) is 0 Å². The van der Waals surface area contributed by atoms with Crippen molar-refractivity contribution in [1.29, 1.82) is 0 Å². The number of aromatic nitrogens is 1. The summed E-state index contributed by atoms with van der Waals surface area (Å²) in [7, 11) is 0. The van der Waals surface area contributed by atoms with Gasteiger partial charge in [-0.2, -0.15) is 0 Å². The zero-order chi connectivity index (χ0) is 26.4. The fourth-order valence-electron chi connectivity index (χ4n) is 3.97. The highest BCUT2D eigenvalue weighted by atomic mass is 32.1. The molecule has 4 rings (SSSR count). The van der Waals surface area contributed by atoms with Crippen molar-refractivity contribution in [2.24, 2.45) is 0 Å². The first-order valence-electron chi connectivity index (χ1n) is 12.7. The smallest absolute Gasteiger partial charge is 0.224 e.